The first-order valence-corrected chi connectivity index (χ1v) is 6.74. The van der Waals surface area contributed by atoms with E-state index in [2.05, 4.69) is 14.9 Å². The second-order valence-corrected chi connectivity index (χ2v) is 5.05. The Bertz CT molecular complexity index is 754. The van der Waals surface area contributed by atoms with Gasteiger partial charge in [0.05, 0.1) is 4.70 Å². The van der Waals surface area contributed by atoms with Crippen LogP contribution in [-0.2, 0) is 6.54 Å². The molecule has 0 radical (unpaired) electrons. The van der Waals surface area contributed by atoms with Crippen molar-refractivity contribution < 1.29 is 9.18 Å². The number of nitrogens with one attached hydrogen (secondary N) is 1. The molecular formula is C14H10FN3OS. The summed E-state index contributed by atoms with van der Waals surface area (Å²) in [7, 11) is 0. The highest BCUT2D eigenvalue weighted by atomic mass is 32.1. The summed E-state index contributed by atoms with van der Waals surface area (Å²) in [6, 6.07) is 11.3. The minimum absolute atomic E-state index is 0.191. The number of hydrogen-bond donors (Lipinski definition) is 1. The average molecular weight is 287 g/mol. The van der Waals surface area contributed by atoms with Crippen molar-refractivity contribution in [1.29, 1.82) is 0 Å². The summed E-state index contributed by atoms with van der Waals surface area (Å²) in [4.78, 5) is 12.0. The fraction of sp³-hybridized carbons (Fsp3) is 0.0714. The summed E-state index contributed by atoms with van der Waals surface area (Å²) in [5.41, 5.74) is 2.09. The SMILES string of the molecule is O=C(NCc1ccc(F)cc1)c1ccc2snnc2c1. The van der Waals surface area contributed by atoms with Crippen LogP contribution in [0.15, 0.2) is 42.5 Å². The minimum atomic E-state index is -0.290. The number of aromatic nitrogens is 2. The van der Waals surface area contributed by atoms with Gasteiger partial charge in [-0.2, -0.15) is 0 Å². The van der Waals surface area contributed by atoms with Gasteiger partial charge in [-0.15, -0.1) is 5.10 Å². The van der Waals surface area contributed by atoms with Gasteiger partial charge in [-0.25, -0.2) is 4.39 Å². The molecular weight excluding hydrogens is 277 g/mol. The lowest BCUT2D eigenvalue weighted by Crippen LogP contribution is -2.22. The van der Waals surface area contributed by atoms with E-state index in [9.17, 15) is 9.18 Å². The van der Waals surface area contributed by atoms with Gasteiger partial charge in [0.2, 0.25) is 0 Å². The van der Waals surface area contributed by atoms with Crippen LogP contribution in [0.1, 0.15) is 15.9 Å². The van der Waals surface area contributed by atoms with Crippen molar-refractivity contribution in [2.75, 3.05) is 0 Å². The third kappa shape index (κ3) is 2.65. The Balaban J connectivity index is 1.70. The van der Waals surface area contributed by atoms with Crippen LogP contribution >= 0.6 is 11.5 Å². The summed E-state index contributed by atoms with van der Waals surface area (Å²) >= 11 is 1.29. The fourth-order valence-corrected chi connectivity index (χ4v) is 2.35. The van der Waals surface area contributed by atoms with Crippen molar-refractivity contribution >= 4 is 27.7 Å². The molecule has 0 aliphatic carbocycles. The van der Waals surface area contributed by atoms with E-state index in [1.165, 1.54) is 23.7 Å². The van der Waals surface area contributed by atoms with Gasteiger partial charge >= 0.3 is 0 Å². The molecule has 2 aromatic carbocycles. The van der Waals surface area contributed by atoms with Crippen LogP contribution < -0.4 is 5.32 Å². The molecule has 0 atom stereocenters. The smallest absolute Gasteiger partial charge is 0.251 e. The largest absolute Gasteiger partial charge is 0.348 e. The summed E-state index contributed by atoms with van der Waals surface area (Å²) in [5.74, 6) is -0.481. The van der Waals surface area contributed by atoms with Gasteiger partial charge in [-0.05, 0) is 47.4 Å². The molecule has 1 heterocycles. The van der Waals surface area contributed by atoms with Crippen LogP contribution in [0.2, 0.25) is 0 Å². The van der Waals surface area contributed by atoms with Crippen LogP contribution in [0.25, 0.3) is 10.2 Å². The number of halogens is 1. The Hall–Kier alpha value is -2.34. The van der Waals surface area contributed by atoms with Crippen molar-refractivity contribution in [3.8, 4) is 0 Å². The maximum absolute atomic E-state index is 12.8. The van der Waals surface area contributed by atoms with Crippen molar-refractivity contribution in [1.82, 2.24) is 14.9 Å². The third-order valence-corrected chi connectivity index (χ3v) is 3.58. The monoisotopic (exact) mass is 287 g/mol. The molecule has 1 N–H and O–H groups in total. The number of nitrogens with zero attached hydrogens (tertiary/aromatic N) is 2. The van der Waals surface area contributed by atoms with E-state index in [1.54, 1.807) is 24.3 Å². The summed E-state index contributed by atoms with van der Waals surface area (Å²) in [6.45, 7) is 0.354. The van der Waals surface area contributed by atoms with Crippen LogP contribution in [-0.4, -0.2) is 15.5 Å². The lowest BCUT2D eigenvalue weighted by molar-refractivity contribution is 0.0951. The van der Waals surface area contributed by atoms with Crippen molar-refractivity contribution in [3.63, 3.8) is 0 Å². The first kappa shape index (κ1) is 12.7. The molecule has 0 aliphatic rings. The van der Waals surface area contributed by atoms with Crippen molar-refractivity contribution in [2.45, 2.75) is 6.54 Å². The van der Waals surface area contributed by atoms with Crippen LogP contribution in [0, 0.1) is 5.82 Å². The van der Waals surface area contributed by atoms with E-state index in [0.717, 1.165) is 10.3 Å². The summed E-state index contributed by atoms with van der Waals surface area (Å²) in [5, 5.41) is 6.72. The number of amides is 1. The number of rotatable bonds is 3. The standard InChI is InChI=1S/C14H10FN3OS/c15-11-4-1-9(2-5-11)8-16-14(19)10-3-6-13-12(7-10)17-18-20-13/h1-7H,8H2,(H,16,19). The van der Waals surface area contributed by atoms with Gasteiger partial charge in [0, 0.05) is 12.1 Å². The molecule has 3 aromatic rings. The zero-order chi connectivity index (χ0) is 13.9. The predicted molar refractivity (Wildman–Crippen MR) is 75.0 cm³/mol. The molecule has 0 unspecified atom stereocenters. The molecule has 1 amide bonds. The highest BCUT2D eigenvalue weighted by Crippen LogP contribution is 2.16. The Labute approximate surface area is 118 Å². The van der Waals surface area contributed by atoms with Gasteiger partial charge in [0.15, 0.2) is 0 Å². The van der Waals surface area contributed by atoms with E-state index in [0.29, 0.717) is 17.6 Å². The van der Waals surface area contributed by atoms with Gasteiger partial charge in [0.1, 0.15) is 11.3 Å². The number of carbonyl (C=O) groups is 1. The summed E-state index contributed by atoms with van der Waals surface area (Å²) in [6.07, 6.45) is 0. The highest BCUT2D eigenvalue weighted by Gasteiger charge is 2.07. The number of carbonyl (C=O) groups excluding carboxylic acids is 1. The summed E-state index contributed by atoms with van der Waals surface area (Å²) < 4.78 is 17.5. The molecule has 4 nitrogen and oxygen atoms in total. The van der Waals surface area contributed by atoms with Crippen molar-refractivity contribution in [3.05, 3.63) is 59.4 Å². The molecule has 1 aromatic heterocycles. The molecule has 3 rings (SSSR count). The average Bonchev–Trinajstić information content (AvgIpc) is 2.93. The van der Waals surface area contributed by atoms with Gasteiger partial charge in [-0.1, -0.05) is 16.6 Å². The normalized spacial score (nSPS) is 10.7. The Morgan fingerprint density at radius 2 is 2.00 bits per heavy atom. The lowest BCUT2D eigenvalue weighted by atomic mass is 10.2. The first-order valence-electron chi connectivity index (χ1n) is 5.97. The third-order valence-electron chi connectivity index (χ3n) is 2.88. The fourth-order valence-electron chi connectivity index (χ4n) is 1.81. The Morgan fingerprint density at radius 3 is 2.80 bits per heavy atom. The zero-order valence-corrected chi connectivity index (χ0v) is 11.2. The predicted octanol–water partition coefficient (Wildman–Crippen LogP) is 2.76. The van der Waals surface area contributed by atoms with Gasteiger partial charge in [0.25, 0.3) is 5.91 Å². The van der Waals surface area contributed by atoms with E-state index >= 15 is 0 Å². The Morgan fingerprint density at radius 1 is 1.20 bits per heavy atom. The maximum atomic E-state index is 12.8. The van der Waals surface area contributed by atoms with E-state index < -0.39 is 0 Å². The lowest BCUT2D eigenvalue weighted by Gasteiger charge is -2.05. The minimum Gasteiger partial charge on any atom is -0.348 e. The second kappa shape index (κ2) is 5.34. The molecule has 20 heavy (non-hydrogen) atoms. The maximum Gasteiger partial charge on any atom is 0.251 e. The van der Waals surface area contributed by atoms with E-state index in [-0.39, 0.29) is 11.7 Å². The molecule has 0 saturated carbocycles. The molecule has 0 fully saturated rings. The second-order valence-electron chi connectivity index (χ2n) is 4.26. The molecule has 0 saturated heterocycles. The molecule has 100 valence electrons. The quantitative estimate of drug-likeness (QED) is 0.806. The van der Waals surface area contributed by atoms with E-state index in [4.69, 9.17) is 0 Å². The van der Waals surface area contributed by atoms with Crippen molar-refractivity contribution in [2.24, 2.45) is 0 Å². The topological polar surface area (TPSA) is 54.9 Å². The number of hydrogen-bond acceptors (Lipinski definition) is 4. The van der Waals surface area contributed by atoms with Gasteiger partial charge in [-0.3, -0.25) is 4.79 Å². The first-order chi connectivity index (χ1) is 9.72. The zero-order valence-electron chi connectivity index (χ0n) is 10.3. The van der Waals surface area contributed by atoms with Crippen LogP contribution in [0.5, 0.6) is 0 Å². The molecule has 0 bridgehead atoms. The number of fused-ring (bicyclic) bond motifs is 1. The molecule has 0 spiro atoms. The molecule has 6 heteroatoms. The van der Waals surface area contributed by atoms with Gasteiger partial charge < -0.3 is 5.32 Å². The number of benzene rings is 2. The highest BCUT2D eigenvalue weighted by molar-refractivity contribution is 7.12. The van der Waals surface area contributed by atoms with E-state index in [1.807, 2.05) is 6.07 Å². The molecule has 0 aliphatic heterocycles. The van der Waals surface area contributed by atoms with Crippen LogP contribution in [0.4, 0.5) is 4.39 Å². The Kier molecular flexibility index (Phi) is 3.39. The van der Waals surface area contributed by atoms with Crippen LogP contribution in [0.3, 0.4) is 0 Å².